The van der Waals surface area contributed by atoms with Crippen LogP contribution in [0.4, 0.5) is 0 Å². The Morgan fingerprint density at radius 3 is 2.26 bits per heavy atom. The number of hydrogen-bond acceptors (Lipinski definition) is 6. The summed E-state index contributed by atoms with van der Waals surface area (Å²) in [5.41, 5.74) is 0. The third-order valence-electron chi connectivity index (χ3n) is 5.71. The molecule has 31 heavy (non-hydrogen) atoms. The first-order chi connectivity index (χ1) is 14.9. The summed E-state index contributed by atoms with van der Waals surface area (Å²) >= 11 is 0. The van der Waals surface area contributed by atoms with Crippen molar-refractivity contribution in [2.75, 3.05) is 39.3 Å². The van der Waals surface area contributed by atoms with Crippen LogP contribution in [0.25, 0.3) is 0 Å². The summed E-state index contributed by atoms with van der Waals surface area (Å²) < 4.78 is 31.6. The summed E-state index contributed by atoms with van der Waals surface area (Å²) in [5, 5.41) is 2.58. The molecule has 0 atom stereocenters. The maximum absolute atomic E-state index is 12.6. The van der Waals surface area contributed by atoms with Crippen LogP contribution in [0, 0.1) is 5.92 Å². The van der Waals surface area contributed by atoms with Gasteiger partial charge in [0.25, 0.3) is 5.91 Å². The second kappa shape index (κ2) is 10.7. The van der Waals surface area contributed by atoms with Crippen molar-refractivity contribution in [1.29, 1.82) is 0 Å². The van der Waals surface area contributed by atoms with Crippen molar-refractivity contribution in [2.24, 2.45) is 5.92 Å². The quantitative estimate of drug-likeness (QED) is 0.613. The van der Waals surface area contributed by atoms with E-state index < -0.39 is 22.6 Å². The minimum atomic E-state index is -3.59. The number of carbonyl (C=O) groups is 3. The van der Waals surface area contributed by atoms with E-state index in [0.717, 1.165) is 32.1 Å². The lowest BCUT2D eigenvalue weighted by atomic mass is 9.89. The highest BCUT2D eigenvalue weighted by Gasteiger charge is 2.30. The topological polar surface area (TPSA) is 113 Å². The minimum absolute atomic E-state index is 0.0494. The number of ether oxygens (including phenoxy) is 1. The zero-order valence-corrected chi connectivity index (χ0v) is 18.3. The molecule has 3 rings (SSSR count). The molecule has 1 aromatic rings. The molecule has 2 aliphatic rings. The molecule has 1 heterocycles. The normalized spacial score (nSPS) is 18.4. The van der Waals surface area contributed by atoms with Gasteiger partial charge in [-0.25, -0.2) is 8.42 Å². The molecule has 0 spiro atoms. The van der Waals surface area contributed by atoms with Gasteiger partial charge in [0.05, 0.1) is 4.90 Å². The average molecular weight is 452 g/mol. The van der Waals surface area contributed by atoms with Crippen LogP contribution < -0.4 is 5.32 Å². The largest absolute Gasteiger partial charge is 0.454 e. The van der Waals surface area contributed by atoms with Gasteiger partial charge in [-0.3, -0.25) is 14.4 Å². The number of carbonyl (C=O) groups excluding carboxylic acids is 3. The van der Waals surface area contributed by atoms with E-state index in [0.29, 0.717) is 0 Å². The number of nitrogens with zero attached hydrogens (tertiary/aromatic N) is 2. The Labute approximate surface area is 182 Å². The second-order valence-electron chi connectivity index (χ2n) is 7.81. The Bertz CT molecular complexity index is 876. The molecule has 1 aliphatic carbocycles. The van der Waals surface area contributed by atoms with E-state index in [2.05, 4.69) is 5.32 Å². The molecule has 1 saturated heterocycles. The molecular weight excluding hydrogens is 422 g/mol. The maximum atomic E-state index is 12.6. The number of piperazine rings is 1. The van der Waals surface area contributed by atoms with E-state index in [1.54, 1.807) is 30.3 Å². The number of hydrogen-bond donors (Lipinski definition) is 1. The van der Waals surface area contributed by atoms with Crippen LogP contribution in [-0.2, 0) is 29.1 Å². The van der Waals surface area contributed by atoms with Crippen LogP contribution in [0.15, 0.2) is 35.2 Å². The fraction of sp³-hybridized carbons (Fsp3) is 0.571. The molecule has 2 amide bonds. The molecule has 2 fully saturated rings. The Hall–Kier alpha value is -2.46. The van der Waals surface area contributed by atoms with Crippen molar-refractivity contribution in [1.82, 2.24) is 14.5 Å². The monoisotopic (exact) mass is 451 g/mol. The van der Waals surface area contributed by atoms with Crippen molar-refractivity contribution in [3.8, 4) is 0 Å². The minimum Gasteiger partial charge on any atom is -0.454 e. The number of esters is 1. The fourth-order valence-electron chi connectivity index (χ4n) is 3.87. The van der Waals surface area contributed by atoms with Gasteiger partial charge in [-0.15, -0.1) is 0 Å². The lowest BCUT2D eigenvalue weighted by Gasteiger charge is -2.33. The maximum Gasteiger partial charge on any atom is 0.325 e. The van der Waals surface area contributed by atoms with Crippen LogP contribution in [0.5, 0.6) is 0 Å². The van der Waals surface area contributed by atoms with Gasteiger partial charge in [0.1, 0.15) is 6.54 Å². The summed E-state index contributed by atoms with van der Waals surface area (Å²) in [6.45, 7) is 0.111. The highest BCUT2D eigenvalue weighted by atomic mass is 32.2. The predicted octanol–water partition coefficient (Wildman–Crippen LogP) is 0.759. The van der Waals surface area contributed by atoms with E-state index in [9.17, 15) is 22.8 Å². The number of rotatable bonds is 7. The van der Waals surface area contributed by atoms with E-state index in [1.807, 2.05) is 0 Å². The van der Waals surface area contributed by atoms with Crippen LogP contribution in [0.3, 0.4) is 0 Å². The van der Waals surface area contributed by atoms with Gasteiger partial charge in [-0.2, -0.15) is 4.31 Å². The summed E-state index contributed by atoms with van der Waals surface area (Å²) in [6.07, 6.45) is 4.87. The number of amides is 2. The highest BCUT2D eigenvalue weighted by Crippen LogP contribution is 2.23. The first kappa shape index (κ1) is 23.2. The predicted molar refractivity (Wildman–Crippen MR) is 112 cm³/mol. The van der Waals surface area contributed by atoms with Gasteiger partial charge >= 0.3 is 5.97 Å². The third kappa shape index (κ3) is 6.27. The van der Waals surface area contributed by atoms with Gasteiger partial charge in [-0.05, 0) is 25.0 Å². The zero-order valence-electron chi connectivity index (χ0n) is 17.5. The summed E-state index contributed by atoms with van der Waals surface area (Å²) in [4.78, 5) is 37.9. The number of nitrogens with one attached hydrogen (secondary N) is 1. The summed E-state index contributed by atoms with van der Waals surface area (Å²) in [6, 6.07) is 8.16. The molecule has 1 aliphatic heterocycles. The van der Waals surface area contributed by atoms with Crippen LogP contribution in [0.1, 0.15) is 32.1 Å². The van der Waals surface area contributed by atoms with E-state index in [4.69, 9.17) is 4.74 Å². The third-order valence-corrected chi connectivity index (χ3v) is 7.62. The van der Waals surface area contributed by atoms with Gasteiger partial charge in [0, 0.05) is 32.1 Å². The molecular formula is C21H29N3O6S. The Morgan fingerprint density at radius 2 is 1.61 bits per heavy atom. The van der Waals surface area contributed by atoms with Gasteiger partial charge in [0.15, 0.2) is 6.61 Å². The lowest BCUT2D eigenvalue weighted by Crippen LogP contribution is -2.51. The van der Waals surface area contributed by atoms with Crippen molar-refractivity contribution < 1.29 is 27.5 Å². The lowest BCUT2D eigenvalue weighted by molar-refractivity contribution is -0.152. The van der Waals surface area contributed by atoms with Crippen molar-refractivity contribution >= 4 is 27.8 Å². The molecule has 0 unspecified atom stereocenters. The molecule has 170 valence electrons. The SMILES string of the molecule is O=C(CNC(=O)C1CCCCC1)OCC(=O)N1CCN(S(=O)(=O)c2ccccc2)CC1. The van der Waals surface area contributed by atoms with E-state index in [1.165, 1.54) is 9.21 Å². The molecule has 0 aromatic heterocycles. The zero-order chi connectivity index (χ0) is 22.3. The van der Waals surface area contributed by atoms with Crippen LogP contribution in [-0.4, -0.2) is 74.7 Å². The molecule has 1 saturated carbocycles. The molecule has 1 aromatic carbocycles. The summed E-state index contributed by atoms with van der Waals surface area (Å²) in [7, 11) is -3.59. The number of sulfonamides is 1. The Balaban J connectivity index is 1.38. The second-order valence-corrected chi connectivity index (χ2v) is 9.75. The first-order valence-corrected chi connectivity index (χ1v) is 12.1. The smallest absolute Gasteiger partial charge is 0.325 e. The standard InChI is InChI=1S/C21H29N3O6S/c25-19(16-30-20(26)15-22-21(27)17-7-3-1-4-8-17)23-11-13-24(14-12-23)31(28,29)18-9-5-2-6-10-18/h2,5-6,9-10,17H,1,3-4,7-8,11-16H2,(H,22,27). The fourth-order valence-corrected chi connectivity index (χ4v) is 5.32. The van der Waals surface area contributed by atoms with Gasteiger partial charge in [-0.1, -0.05) is 37.5 Å². The molecule has 10 heteroatoms. The Kier molecular flexibility index (Phi) is 8.03. The van der Waals surface area contributed by atoms with Crippen molar-refractivity contribution in [2.45, 2.75) is 37.0 Å². The van der Waals surface area contributed by atoms with E-state index >= 15 is 0 Å². The first-order valence-electron chi connectivity index (χ1n) is 10.6. The molecule has 0 bridgehead atoms. The van der Waals surface area contributed by atoms with Crippen LogP contribution in [0.2, 0.25) is 0 Å². The average Bonchev–Trinajstić information content (AvgIpc) is 2.82. The van der Waals surface area contributed by atoms with Crippen LogP contribution >= 0.6 is 0 Å². The Morgan fingerprint density at radius 1 is 0.968 bits per heavy atom. The van der Waals surface area contributed by atoms with Crippen molar-refractivity contribution in [3.63, 3.8) is 0 Å². The highest BCUT2D eigenvalue weighted by molar-refractivity contribution is 7.89. The molecule has 0 radical (unpaired) electrons. The van der Waals surface area contributed by atoms with Crippen molar-refractivity contribution in [3.05, 3.63) is 30.3 Å². The number of benzene rings is 1. The molecule has 9 nitrogen and oxygen atoms in total. The summed E-state index contributed by atoms with van der Waals surface area (Å²) in [5.74, 6) is -1.24. The molecule has 1 N–H and O–H groups in total. The van der Waals surface area contributed by atoms with Gasteiger partial charge in [0.2, 0.25) is 15.9 Å². The van der Waals surface area contributed by atoms with Gasteiger partial charge < -0.3 is 15.0 Å². The van der Waals surface area contributed by atoms with E-state index in [-0.39, 0.29) is 55.4 Å².